The zero-order chi connectivity index (χ0) is 20.5. The molecule has 0 unspecified atom stereocenters. The molecule has 1 saturated carbocycles. The molecule has 1 aliphatic rings. The van der Waals surface area contributed by atoms with Crippen LogP contribution >= 0.6 is 0 Å². The average molecular weight is 404 g/mol. The molecule has 1 amide bonds. The average Bonchev–Trinajstić information content (AvgIpc) is 3.51. The minimum atomic E-state index is -0.306. The Morgan fingerprint density at radius 3 is 2.73 bits per heavy atom. The van der Waals surface area contributed by atoms with Crippen LogP contribution in [0.2, 0.25) is 0 Å². The Morgan fingerprint density at radius 2 is 1.93 bits per heavy atom. The molecule has 0 bridgehead atoms. The first-order valence-corrected chi connectivity index (χ1v) is 10.1. The van der Waals surface area contributed by atoms with Crippen LogP contribution in [0.1, 0.15) is 47.8 Å². The number of hydrogen-bond acceptors (Lipinski definition) is 4. The van der Waals surface area contributed by atoms with Gasteiger partial charge in [-0.15, -0.1) is 0 Å². The lowest BCUT2D eigenvalue weighted by Crippen LogP contribution is -2.23. The summed E-state index contributed by atoms with van der Waals surface area (Å²) < 4.78 is 17.0. The van der Waals surface area contributed by atoms with Crippen LogP contribution in [-0.2, 0) is 6.54 Å². The SMILES string of the molecule is O=C(NCc1ccc(F)cc1)c1nc(-c2ccnn2C2CCCC2)n2ccncc12. The number of hydrogen-bond donors (Lipinski definition) is 1. The highest BCUT2D eigenvalue weighted by atomic mass is 19.1. The van der Waals surface area contributed by atoms with E-state index in [4.69, 9.17) is 0 Å². The van der Waals surface area contributed by atoms with Crippen LogP contribution in [0.15, 0.2) is 55.1 Å². The van der Waals surface area contributed by atoms with Crippen molar-refractivity contribution in [3.8, 4) is 11.5 Å². The summed E-state index contributed by atoms with van der Waals surface area (Å²) in [5.74, 6) is 0.0616. The van der Waals surface area contributed by atoms with Crippen molar-refractivity contribution in [2.75, 3.05) is 0 Å². The molecule has 7 nitrogen and oxygen atoms in total. The maximum Gasteiger partial charge on any atom is 0.272 e. The lowest BCUT2D eigenvalue weighted by molar-refractivity contribution is 0.0948. The van der Waals surface area contributed by atoms with Crippen LogP contribution in [0.25, 0.3) is 17.0 Å². The van der Waals surface area contributed by atoms with Crippen molar-refractivity contribution in [3.63, 3.8) is 0 Å². The lowest BCUT2D eigenvalue weighted by atomic mass is 10.2. The van der Waals surface area contributed by atoms with E-state index in [1.165, 1.54) is 25.0 Å². The summed E-state index contributed by atoms with van der Waals surface area (Å²) >= 11 is 0. The fraction of sp³-hybridized carbons (Fsp3) is 0.273. The number of amides is 1. The quantitative estimate of drug-likeness (QED) is 0.549. The molecule has 1 aromatic carbocycles. The molecule has 0 spiro atoms. The summed E-state index contributed by atoms with van der Waals surface area (Å²) in [7, 11) is 0. The highest BCUT2D eigenvalue weighted by molar-refractivity contribution is 5.99. The van der Waals surface area contributed by atoms with E-state index >= 15 is 0 Å². The third-order valence-electron chi connectivity index (χ3n) is 5.60. The molecule has 0 aliphatic heterocycles. The minimum Gasteiger partial charge on any atom is -0.347 e. The smallest absolute Gasteiger partial charge is 0.272 e. The van der Waals surface area contributed by atoms with E-state index in [2.05, 4.69) is 20.4 Å². The minimum absolute atomic E-state index is 0.285. The summed E-state index contributed by atoms with van der Waals surface area (Å²) in [6.07, 6.45) is 11.5. The molecule has 30 heavy (non-hydrogen) atoms. The Balaban J connectivity index is 1.48. The van der Waals surface area contributed by atoms with Crippen molar-refractivity contribution in [2.45, 2.75) is 38.3 Å². The standard InChI is InChI=1S/C22H21FN6O/c23-16-7-5-15(6-8-16)13-25-22(30)20-19-14-24-11-12-28(19)21(27-20)18-9-10-26-29(18)17-3-1-2-4-17/h5-12,14,17H,1-4,13H2,(H,25,30). The maximum absolute atomic E-state index is 13.1. The number of fused-ring (bicyclic) bond motifs is 1. The van der Waals surface area contributed by atoms with Gasteiger partial charge in [0.15, 0.2) is 11.5 Å². The Kier molecular flexibility index (Phi) is 4.74. The third-order valence-corrected chi connectivity index (χ3v) is 5.60. The number of halogens is 1. The second-order valence-corrected chi connectivity index (χ2v) is 7.52. The van der Waals surface area contributed by atoms with Gasteiger partial charge in [-0.3, -0.25) is 18.9 Å². The van der Waals surface area contributed by atoms with Crippen molar-refractivity contribution in [1.29, 1.82) is 0 Å². The second-order valence-electron chi connectivity index (χ2n) is 7.52. The third kappa shape index (κ3) is 3.34. The molecule has 152 valence electrons. The molecule has 4 aromatic rings. The molecular formula is C22H21FN6O. The van der Waals surface area contributed by atoms with Crippen molar-refractivity contribution in [3.05, 3.63) is 72.2 Å². The van der Waals surface area contributed by atoms with Crippen LogP contribution in [0.3, 0.4) is 0 Å². The lowest BCUT2D eigenvalue weighted by Gasteiger charge is -2.13. The molecule has 3 heterocycles. The van der Waals surface area contributed by atoms with E-state index in [0.29, 0.717) is 23.1 Å². The molecule has 3 aromatic heterocycles. The first-order valence-electron chi connectivity index (χ1n) is 10.1. The van der Waals surface area contributed by atoms with Gasteiger partial charge in [0.2, 0.25) is 0 Å². The highest BCUT2D eigenvalue weighted by Gasteiger charge is 2.24. The fourth-order valence-corrected chi connectivity index (χ4v) is 4.09. The molecule has 1 aliphatic carbocycles. The van der Waals surface area contributed by atoms with Crippen molar-refractivity contribution in [2.24, 2.45) is 0 Å². The van der Waals surface area contributed by atoms with Crippen LogP contribution in [-0.4, -0.2) is 30.1 Å². The van der Waals surface area contributed by atoms with E-state index in [1.807, 2.05) is 15.1 Å². The number of imidazole rings is 1. The van der Waals surface area contributed by atoms with Gasteiger partial charge < -0.3 is 5.32 Å². The number of benzene rings is 1. The molecule has 8 heteroatoms. The van der Waals surface area contributed by atoms with Crippen LogP contribution in [0.5, 0.6) is 0 Å². The first kappa shape index (κ1) is 18.5. The molecule has 0 saturated heterocycles. The van der Waals surface area contributed by atoms with E-state index in [9.17, 15) is 9.18 Å². The summed E-state index contributed by atoms with van der Waals surface area (Å²) in [6, 6.07) is 8.34. The molecule has 1 N–H and O–H groups in total. The number of aromatic nitrogens is 5. The normalized spacial score (nSPS) is 14.4. The number of rotatable bonds is 5. The Hall–Kier alpha value is -3.55. The predicted octanol–water partition coefficient (Wildman–Crippen LogP) is 3.78. The molecule has 0 atom stereocenters. The molecular weight excluding hydrogens is 383 g/mol. The van der Waals surface area contributed by atoms with E-state index in [0.717, 1.165) is 24.1 Å². The number of carbonyl (C=O) groups excluding carboxylic acids is 1. The van der Waals surface area contributed by atoms with E-state index in [-0.39, 0.29) is 18.3 Å². The van der Waals surface area contributed by atoms with Gasteiger partial charge in [0.25, 0.3) is 5.91 Å². The van der Waals surface area contributed by atoms with E-state index < -0.39 is 0 Å². The van der Waals surface area contributed by atoms with Gasteiger partial charge in [0, 0.05) is 25.1 Å². The van der Waals surface area contributed by atoms with Gasteiger partial charge in [-0.25, -0.2) is 9.37 Å². The van der Waals surface area contributed by atoms with Crippen molar-refractivity contribution in [1.82, 2.24) is 29.5 Å². The van der Waals surface area contributed by atoms with E-state index in [1.54, 1.807) is 36.9 Å². The second kappa shape index (κ2) is 7.70. The highest BCUT2D eigenvalue weighted by Crippen LogP contribution is 2.33. The first-order chi connectivity index (χ1) is 14.7. The molecule has 5 rings (SSSR count). The van der Waals surface area contributed by atoms with Crippen molar-refractivity contribution < 1.29 is 9.18 Å². The topological polar surface area (TPSA) is 77.1 Å². The Labute approximate surface area is 172 Å². The van der Waals surface area contributed by atoms with Gasteiger partial charge in [0.05, 0.1) is 17.8 Å². The summed E-state index contributed by atoms with van der Waals surface area (Å²) in [4.78, 5) is 21.8. The van der Waals surface area contributed by atoms with Gasteiger partial charge in [-0.2, -0.15) is 5.10 Å². The Morgan fingerprint density at radius 1 is 1.13 bits per heavy atom. The fourth-order valence-electron chi connectivity index (χ4n) is 4.09. The maximum atomic E-state index is 13.1. The zero-order valence-electron chi connectivity index (χ0n) is 16.3. The number of carbonyl (C=O) groups is 1. The largest absolute Gasteiger partial charge is 0.347 e. The van der Waals surface area contributed by atoms with Gasteiger partial charge >= 0.3 is 0 Å². The van der Waals surface area contributed by atoms with Gasteiger partial charge in [-0.1, -0.05) is 25.0 Å². The van der Waals surface area contributed by atoms with Crippen molar-refractivity contribution >= 4 is 11.4 Å². The van der Waals surface area contributed by atoms with Crippen LogP contribution in [0, 0.1) is 5.82 Å². The zero-order valence-corrected chi connectivity index (χ0v) is 16.3. The summed E-state index contributed by atoms with van der Waals surface area (Å²) in [6.45, 7) is 0.285. The monoisotopic (exact) mass is 404 g/mol. The number of nitrogens with zero attached hydrogens (tertiary/aromatic N) is 5. The number of nitrogens with one attached hydrogen (secondary N) is 1. The van der Waals surface area contributed by atoms with Crippen LogP contribution < -0.4 is 5.32 Å². The summed E-state index contributed by atoms with van der Waals surface area (Å²) in [5, 5.41) is 7.40. The Bertz CT molecular complexity index is 1190. The molecule has 1 fully saturated rings. The van der Waals surface area contributed by atoms with Gasteiger partial charge in [-0.05, 0) is 36.6 Å². The van der Waals surface area contributed by atoms with Gasteiger partial charge in [0.1, 0.15) is 11.5 Å². The summed E-state index contributed by atoms with van der Waals surface area (Å²) in [5.41, 5.74) is 2.63. The molecule has 0 radical (unpaired) electrons. The predicted molar refractivity (Wildman–Crippen MR) is 109 cm³/mol. The van der Waals surface area contributed by atoms with Crippen LogP contribution in [0.4, 0.5) is 4.39 Å².